The summed E-state index contributed by atoms with van der Waals surface area (Å²) in [5, 5.41) is 8.22. The van der Waals surface area contributed by atoms with Crippen molar-refractivity contribution in [1.82, 2.24) is 10.2 Å². The number of alkyl halides is 3. The van der Waals surface area contributed by atoms with Crippen molar-refractivity contribution in [3.8, 4) is 16.3 Å². The van der Waals surface area contributed by atoms with Gasteiger partial charge in [-0.25, -0.2) is 0 Å². The van der Waals surface area contributed by atoms with Gasteiger partial charge in [-0.2, -0.15) is 0 Å². The molecular formula is C9H4BrF3N2OS. The van der Waals surface area contributed by atoms with Crippen LogP contribution in [0.2, 0.25) is 0 Å². The molecule has 0 N–H and O–H groups in total. The minimum absolute atomic E-state index is 0.259. The van der Waals surface area contributed by atoms with Crippen molar-refractivity contribution in [1.29, 1.82) is 0 Å². The predicted octanol–water partition coefficient (Wildman–Crippen LogP) is 3.87. The lowest BCUT2D eigenvalue weighted by atomic mass is 10.2. The van der Waals surface area contributed by atoms with Gasteiger partial charge in [0.25, 0.3) is 0 Å². The molecule has 0 aliphatic rings. The highest BCUT2D eigenvalue weighted by atomic mass is 79.9. The average Bonchev–Trinajstić information content (AvgIpc) is 2.63. The van der Waals surface area contributed by atoms with Gasteiger partial charge in [-0.05, 0) is 40.2 Å². The van der Waals surface area contributed by atoms with Gasteiger partial charge in [-0.1, -0.05) is 11.3 Å². The lowest BCUT2D eigenvalue weighted by Crippen LogP contribution is -2.16. The summed E-state index contributed by atoms with van der Waals surface area (Å²) >= 11 is 4.45. The van der Waals surface area contributed by atoms with Crippen molar-refractivity contribution in [2.24, 2.45) is 0 Å². The summed E-state index contributed by atoms with van der Waals surface area (Å²) in [5.74, 6) is -0.259. The standard InChI is InChI=1S/C9H4BrF3N2OS/c10-8-15-14-7(17-8)5-1-3-6(4-2-5)16-9(11,12)13/h1-4H. The highest BCUT2D eigenvalue weighted by molar-refractivity contribution is 9.11. The number of nitrogens with zero attached hydrogens (tertiary/aromatic N) is 2. The second-order valence-corrected chi connectivity index (χ2v) is 5.19. The zero-order chi connectivity index (χ0) is 12.5. The van der Waals surface area contributed by atoms with E-state index < -0.39 is 6.36 Å². The van der Waals surface area contributed by atoms with Crippen LogP contribution >= 0.6 is 27.3 Å². The minimum atomic E-state index is -4.67. The predicted molar refractivity (Wildman–Crippen MR) is 59.7 cm³/mol. The number of halogens is 4. The Morgan fingerprint density at radius 3 is 2.24 bits per heavy atom. The summed E-state index contributed by atoms with van der Waals surface area (Å²) in [6.45, 7) is 0. The fourth-order valence-electron chi connectivity index (χ4n) is 1.12. The van der Waals surface area contributed by atoms with Crippen molar-refractivity contribution >= 4 is 27.3 Å². The monoisotopic (exact) mass is 324 g/mol. The molecule has 90 valence electrons. The van der Waals surface area contributed by atoms with E-state index in [1.165, 1.54) is 35.6 Å². The van der Waals surface area contributed by atoms with Gasteiger partial charge in [0.2, 0.25) is 0 Å². The highest BCUT2D eigenvalue weighted by Crippen LogP contribution is 2.29. The van der Waals surface area contributed by atoms with Gasteiger partial charge in [0.1, 0.15) is 10.8 Å². The third-order valence-corrected chi connectivity index (χ3v) is 3.14. The first-order valence-corrected chi connectivity index (χ1v) is 5.90. The molecule has 1 heterocycles. The topological polar surface area (TPSA) is 35.0 Å². The Labute approximate surface area is 106 Å². The van der Waals surface area contributed by atoms with Crippen LogP contribution in [0.25, 0.3) is 10.6 Å². The van der Waals surface area contributed by atoms with Crippen molar-refractivity contribution in [2.45, 2.75) is 6.36 Å². The Bertz CT molecular complexity index is 512. The van der Waals surface area contributed by atoms with Crippen molar-refractivity contribution in [3.05, 3.63) is 28.2 Å². The van der Waals surface area contributed by atoms with Crippen LogP contribution in [0.3, 0.4) is 0 Å². The van der Waals surface area contributed by atoms with Gasteiger partial charge in [-0.15, -0.1) is 23.4 Å². The van der Waals surface area contributed by atoms with Gasteiger partial charge >= 0.3 is 6.36 Å². The Hall–Kier alpha value is -1.15. The van der Waals surface area contributed by atoms with E-state index in [1.807, 2.05) is 0 Å². The fourth-order valence-corrected chi connectivity index (χ4v) is 2.24. The summed E-state index contributed by atoms with van der Waals surface area (Å²) in [5.41, 5.74) is 0.683. The molecule has 2 aromatic rings. The maximum absolute atomic E-state index is 11.9. The SMILES string of the molecule is FC(F)(F)Oc1ccc(-c2nnc(Br)s2)cc1. The molecule has 0 fully saturated rings. The number of hydrogen-bond acceptors (Lipinski definition) is 4. The first-order chi connectivity index (χ1) is 7.94. The Morgan fingerprint density at radius 1 is 1.12 bits per heavy atom. The smallest absolute Gasteiger partial charge is 0.406 e. The summed E-state index contributed by atoms with van der Waals surface area (Å²) < 4.78 is 40.1. The first-order valence-electron chi connectivity index (χ1n) is 4.29. The lowest BCUT2D eigenvalue weighted by molar-refractivity contribution is -0.274. The third kappa shape index (κ3) is 3.40. The molecule has 1 aromatic carbocycles. The summed E-state index contributed by atoms with van der Waals surface area (Å²) in [6, 6.07) is 5.46. The normalized spacial score (nSPS) is 11.5. The van der Waals surface area contributed by atoms with E-state index in [1.54, 1.807) is 0 Å². The molecular weight excluding hydrogens is 321 g/mol. The largest absolute Gasteiger partial charge is 0.573 e. The molecule has 0 aliphatic heterocycles. The van der Waals surface area contributed by atoms with E-state index in [2.05, 4.69) is 30.9 Å². The maximum atomic E-state index is 11.9. The van der Waals surface area contributed by atoms with Crippen LogP contribution in [0.4, 0.5) is 13.2 Å². The third-order valence-electron chi connectivity index (χ3n) is 1.74. The molecule has 0 amide bonds. The highest BCUT2D eigenvalue weighted by Gasteiger charge is 2.30. The Morgan fingerprint density at radius 2 is 1.76 bits per heavy atom. The van der Waals surface area contributed by atoms with E-state index >= 15 is 0 Å². The quantitative estimate of drug-likeness (QED) is 0.841. The van der Waals surface area contributed by atoms with E-state index in [0.717, 1.165) is 0 Å². The Balaban J connectivity index is 2.19. The van der Waals surface area contributed by atoms with Crippen LogP contribution in [-0.2, 0) is 0 Å². The van der Waals surface area contributed by atoms with Crippen LogP contribution in [0.5, 0.6) is 5.75 Å². The van der Waals surface area contributed by atoms with Gasteiger partial charge < -0.3 is 4.74 Å². The molecule has 8 heteroatoms. The molecule has 0 saturated heterocycles. The summed E-state index contributed by atoms with van der Waals surface area (Å²) in [4.78, 5) is 0. The van der Waals surface area contributed by atoms with Crippen LogP contribution in [0.15, 0.2) is 28.2 Å². The lowest BCUT2D eigenvalue weighted by Gasteiger charge is -2.08. The molecule has 0 atom stereocenters. The molecule has 0 spiro atoms. The van der Waals surface area contributed by atoms with Gasteiger partial charge in [0, 0.05) is 5.56 Å². The van der Waals surface area contributed by atoms with Gasteiger partial charge in [0.15, 0.2) is 3.92 Å². The maximum Gasteiger partial charge on any atom is 0.573 e. The first kappa shape index (κ1) is 12.3. The van der Waals surface area contributed by atoms with Crippen molar-refractivity contribution in [3.63, 3.8) is 0 Å². The molecule has 0 unspecified atom stereocenters. The number of aromatic nitrogens is 2. The number of benzene rings is 1. The van der Waals surface area contributed by atoms with E-state index in [-0.39, 0.29) is 5.75 Å². The molecule has 3 nitrogen and oxygen atoms in total. The number of rotatable bonds is 2. The zero-order valence-corrected chi connectivity index (χ0v) is 10.4. The van der Waals surface area contributed by atoms with E-state index in [4.69, 9.17) is 0 Å². The number of hydrogen-bond donors (Lipinski definition) is 0. The van der Waals surface area contributed by atoms with E-state index in [9.17, 15) is 13.2 Å². The number of ether oxygens (including phenoxy) is 1. The Kier molecular flexibility index (Phi) is 3.34. The zero-order valence-electron chi connectivity index (χ0n) is 8.03. The van der Waals surface area contributed by atoms with Gasteiger partial charge in [0.05, 0.1) is 0 Å². The van der Waals surface area contributed by atoms with Crippen LogP contribution in [-0.4, -0.2) is 16.6 Å². The van der Waals surface area contributed by atoms with Crippen molar-refractivity contribution < 1.29 is 17.9 Å². The molecule has 0 saturated carbocycles. The van der Waals surface area contributed by atoms with Crippen LogP contribution in [0, 0.1) is 0 Å². The summed E-state index contributed by atoms with van der Waals surface area (Å²) in [6.07, 6.45) is -4.67. The van der Waals surface area contributed by atoms with Crippen molar-refractivity contribution in [2.75, 3.05) is 0 Å². The molecule has 17 heavy (non-hydrogen) atoms. The molecule has 0 radical (unpaired) electrons. The second kappa shape index (κ2) is 4.61. The minimum Gasteiger partial charge on any atom is -0.406 e. The molecule has 0 bridgehead atoms. The van der Waals surface area contributed by atoms with Crippen LogP contribution in [0.1, 0.15) is 0 Å². The average molecular weight is 325 g/mol. The van der Waals surface area contributed by atoms with Gasteiger partial charge in [-0.3, -0.25) is 0 Å². The fraction of sp³-hybridized carbons (Fsp3) is 0.111. The molecule has 1 aromatic heterocycles. The molecule has 0 aliphatic carbocycles. The van der Waals surface area contributed by atoms with Crippen LogP contribution < -0.4 is 4.74 Å². The van der Waals surface area contributed by atoms with E-state index in [0.29, 0.717) is 14.5 Å². The molecule has 2 rings (SSSR count). The summed E-state index contributed by atoms with van der Waals surface area (Å²) in [7, 11) is 0. The second-order valence-electron chi connectivity index (χ2n) is 2.93.